The zero-order valence-electron chi connectivity index (χ0n) is 13.8. The molecule has 0 saturated carbocycles. The topological polar surface area (TPSA) is 53.6 Å². The van der Waals surface area contributed by atoms with E-state index in [9.17, 15) is 4.79 Å². The van der Waals surface area contributed by atoms with Gasteiger partial charge in [0.25, 0.3) is 0 Å². The van der Waals surface area contributed by atoms with Crippen molar-refractivity contribution in [3.8, 4) is 0 Å². The predicted molar refractivity (Wildman–Crippen MR) is 102 cm³/mol. The number of halogens is 2. The minimum Gasteiger partial charge on any atom is -0.378 e. The van der Waals surface area contributed by atoms with Crippen molar-refractivity contribution in [3.63, 3.8) is 0 Å². The van der Waals surface area contributed by atoms with Crippen LogP contribution in [0.25, 0.3) is 0 Å². The number of amides is 1. The highest BCUT2D eigenvalue weighted by Gasteiger charge is 2.21. The molecule has 1 unspecified atom stereocenters. The highest BCUT2D eigenvalue weighted by atomic mass is 35.5. The van der Waals surface area contributed by atoms with Crippen LogP contribution >= 0.6 is 24.8 Å². The molecule has 1 aromatic rings. The third-order valence-electron chi connectivity index (χ3n) is 4.38. The second-order valence-corrected chi connectivity index (χ2v) is 6.07. The molecular weight excluding hydrogens is 349 g/mol. The molecule has 0 aliphatic carbocycles. The molecule has 1 aromatic carbocycles. The van der Waals surface area contributed by atoms with Crippen molar-refractivity contribution in [1.29, 1.82) is 0 Å². The van der Waals surface area contributed by atoms with Gasteiger partial charge in [-0.3, -0.25) is 4.79 Å². The Morgan fingerprint density at radius 3 is 2.54 bits per heavy atom. The van der Waals surface area contributed by atoms with E-state index < -0.39 is 0 Å². The lowest BCUT2D eigenvalue weighted by Gasteiger charge is -2.22. The molecule has 5 nitrogen and oxygen atoms in total. The Morgan fingerprint density at radius 1 is 1.21 bits per heavy atom. The van der Waals surface area contributed by atoms with Crippen molar-refractivity contribution in [3.05, 3.63) is 29.8 Å². The second-order valence-electron chi connectivity index (χ2n) is 6.07. The molecule has 24 heavy (non-hydrogen) atoms. The third kappa shape index (κ3) is 6.22. The Labute approximate surface area is 156 Å². The molecule has 1 atom stereocenters. The zero-order valence-corrected chi connectivity index (χ0v) is 15.5. The zero-order chi connectivity index (χ0) is 15.2. The van der Waals surface area contributed by atoms with Crippen LogP contribution in [-0.2, 0) is 16.0 Å². The van der Waals surface area contributed by atoms with E-state index in [4.69, 9.17) is 4.74 Å². The molecule has 0 spiro atoms. The molecule has 0 radical (unpaired) electrons. The van der Waals surface area contributed by atoms with E-state index in [1.54, 1.807) is 0 Å². The molecular formula is C17H27Cl2N3O2. The number of rotatable bonds is 5. The first kappa shape index (κ1) is 21.2. The van der Waals surface area contributed by atoms with Crippen LogP contribution in [0.1, 0.15) is 18.4 Å². The lowest BCUT2D eigenvalue weighted by atomic mass is 10.1. The Kier molecular flexibility index (Phi) is 9.63. The Hall–Kier alpha value is -0.850. The summed E-state index contributed by atoms with van der Waals surface area (Å²) in [7, 11) is 0. The van der Waals surface area contributed by atoms with Gasteiger partial charge in [-0.25, -0.2) is 0 Å². The van der Waals surface area contributed by atoms with Crippen molar-refractivity contribution in [2.45, 2.75) is 25.3 Å². The van der Waals surface area contributed by atoms with Gasteiger partial charge in [0.2, 0.25) is 5.91 Å². The molecule has 2 aliphatic heterocycles. The monoisotopic (exact) mass is 375 g/mol. The van der Waals surface area contributed by atoms with Crippen molar-refractivity contribution >= 4 is 36.4 Å². The van der Waals surface area contributed by atoms with Crippen LogP contribution in [0, 0.1) is 0 Å². The van der Waals surface area contributed by atoms with E-state index >= 15 is 0 Å². The Bertz CT molecular complexity index is 487. The Balaban J connectivity index is 0.00000144. The van der Waals surface area contributed by atoms with Crippen LogP contribution in [0.4, 0.5) is 5.69 Å². The van der Waals surface area contributed by atoms with Crippen LogP contribution in [-0.4, -0.2) is 56.2 Å². The standard InChI is InChI=1S/C17H25N3O2.2ClH/c21-17(16-13-22-12-8-18-16)19-15-5-3-14(4-6-15)7-11-20-9-1-2-10-20;;/h3-6,16,18H,1-2,7-13H2,(H,19,21);2*1H. The highest BCUT2D eigenvalue weighted by Crippen LogP contribution is 2.13. The van der Waals surface area contributed by atoms with E-state index in [0.29, 0.717) is 13.2 Å². The summed E-state index contributed by atoms with van der Waals surface area (Å²) in [5.41, 5.74) is 2.17. The minimum absolute atomic E-state index is 0. The Morgan fingerprint density at radius 2 is 1.92 bits per heavy atom. The first-order chi connectivity index (χ1) is 10.8. The van der Waals surface area contributed by atoms with Crippen molar-refractivity contribution in [1.82, 2.24) is 10.2 Å². The number of ether oxygens (including phenoxy) is 1. The van der Waals surface area contributed by atoms with Crippen LogP contribution in [0.3, 0.4) is 0 Å². The van der Waals surface area contributed by atoms with Gasteiger partial charge in [0, 0.05) is 18.8 Å². The molecule has 2 aliphatic rings. The number of carbonyl (C=O) groups excluding carboxylic acids is 1. The molecule has 2 N–H and O–H groups in total. The first-order valence-corrected chi connectivity index (χ1v) is 8.24. The van der Waals surface area contributed by atoms with Gasteiger partial charge in [0.05, 0.1) is 13.2 Å². The van der Waals surface area contributed by atoms with Crippen molar-refractivity contribution in [2.75, 3.05) is 44.7 Å². The summed E-state index contributed by atoms with van der Waals surface area (Å²) in [6, 6.07) is 7.94. The summed E-state index contributed by atoms with van der Waals surface area (Å²) in [5.74, 6) is -0.0236. The maximum atomic E-state index is 12.1. The van der Waals surface area contributed by atoms with Crippen LogP contribution < -0.4 is 10.6 Å². The SMILES string of the molecule is Cl.Cl.O=C(Nc1ccc(CCN2CCCC2)cc1)C1COCCN1. The number of morpholine rings is 1. The van der Waals surface area contributed by atoms with Crippen molar-refractivity contribution in [2.24, 2.45) is 0 Å². The smallest absolute Gasteiger partial charge is 0.243 e. The van der Waals surface area contributed by atoms with E-state index in [2.05, 4.69) is 27.7 Å². The average molecular weight is 376 g/mol. The summed E-state index contributed by atoms with van der Waals surface area (Å²) in [6.07, 6.45) is 3.75. The fourth-order valence-electron chi connectivity index (χ4n) is 3.01. The maximum absolute atomic E-state index is 12.1. The summed E-state index contributed by atoms with van der Waals surface area (Å²) in [5, 5.41) is 6.10. The molecule has 2 heterocycles. The minimum atomic E-state index is -0.247. The van der Waals surface area contributed by atoms with Gasteiger partial charge in [-0.1, -0.05) is 12.1 Å². The van der Waals surface area contributed by atoms with Gasteiger partial charge in [-0.05, 0) is 50.0 Å². The fourth-order valence-corrected chi connectivity index (χ4v) is 3.01. The second kappa shape index (κ2) is 10.9. The first-order valence-electron chi connectivity index (χ1n) is 8.24. The number of nitrogens with one attached hydrogen (secondary N) is 2. The van der Waals surface area contributed by atoms with Crippen LogP contribution in [0.5, 0.6) is 0 Å². The largest absolute Gasteiger partial charge is 0.378 e. The normalized spacial score (nSPS) is 20.8. The summed E-state index contributed by atoms with van der Waals surface area (Å²) in [4.78, 5) is 14.6. The van der Waals surface area contributed by atoms with Gasteiger partial charge in [-0.15, -0.1) is 24.8 Å². The van der Waals surface area contributed by atoms with Gasteiger partial charge in [-0.2, -0.15) is 0 Å². The van der Waals surface area contributed by atoms with Gasteiger partial charge in [0.1, 0.15) is 6.04 Å². The van der Waals surface area contributed by atoms with E-state index in [1.165, 1.54) is 31.5 Å². The molecule has 2 fully saturated rings. The van der Waals surface area contributed by atoms with Crippen molar-refractivity contribution < 1.29 is 9.53 Å². The van der Waals surface area contributed by atoms with Gasteiger partial charge < -0.3 is 20.3 Å². The number of anilines is 1. The van der Waals surface area contributed by atoms with Crippen LogP contribution in [0.15, 0.2) is 24.3 Å². The highest BCUT2D eigenvalue weighted by molar-refractivity contribution is 5.95. The lowest BCUT2D eigenvalue weighted by Crippen LogP contribution is -2.48. The number of hydrogen-bond donors (Lipinski definition) is 2. The van der Waals surface area contributed by atoms with E-state index in [1.807, 2.05) is 12.1 Å². The average Bonchev–Trinajstić information content (AvgIpc) is 3.08. The molecule has 0 bridgehead atoms. The number of hydrogen-bond acceptors (Lipinski definition) is 4. The number of carbonyl (C=O) groups is 1. The number of benzene rings is 1. The number of nitrogens with zero attached hydrogens (tertiary/aromatic N) is 1. The molecule has 1 amide bonds. The molecule has 7 heteroatoms. The lowest BCUT2D eigenvalue weighted by molar-refractivity contribution is -0.120. The summed E-state index contributed by atoms with van der Waals surface area (Å²) < 4.78 is 5.31. The predicted octanol–water partition coefficient (Wildman–Crippen LogP) is 2.10. The van der Waals surface area contributed by atoms with E-state index in [0.717, 1.165) is 25.2 Å². The maximum Gasteiger partial charge on any atom is 0.243 e. The molecule has 0 aromatic heterocycles. The summed E-state index contributed by atoms with van der Waals surface area (Å²) >= 11 is 0. The molecule has 136 valence electrons. The number of likely N-dealkylation sites (tertiary alicyclic amines) is 1. The third-order valence-corrected chi connectivity index (χ3v) is 4.38. The van der Waals surface area contributed by atoms with Gasteiger partial charge in [0.15, 0.2) is 0 Å². The van der Waals surface area contributed by atoms with Crippen LogP contribution in [0.2, 0.25) is 0 Å². The quantitative estimate of drug-likeness (QED) is 0.827. The fraction of sp³-hybridized carbons (Fsp3) is 0.588. The van der Waals surface area contributed by atoms with E-state index in [-0.39, 0.29) is 36.8 Å². The van der Waals surface area contributed by atoms with Gasteiger partial charge >= 0.3 is 0 Å². The molecule has 2 saturated heterocycles. The molecule has 3 rings (SSSR count). The summed E-state index contributed by atoms with van der Waals surface area (Å²) in [6.45, 7) is 5.47.